The van der Waals surface area contributed by atoms with Gasteiger partial charge < -0.3 is 5.32 Å². The lowest BCUT2D eigenvalue weighted by molar-refractivity contribution is -0.121. The molecule has 1 heterocycles. The van der Waals surface area contributed by atoms with Gasteiger partial charge in [-0.05, 0) is 12.5 Å². The molecule has 5 heteroatoms. The molecule has 126 valence electrons. The second kappa shape index (κ2) is 7.57. The molecule has 0 spiro atoms. The van der Waals surface area contributed by atoms with E-state index in [9.17, 15) is 9.59 Å². The van der Waals surface area contributed by atoms with E-state index in [1.54, 1.807) is 0 Å². The lowest BCUT2D eigenvalue weighted by Crippen LogP contribution is -2.31. The molecule has 3 rings (SSSR count). The number of carbonyl (C=O) groups excluding carboxylic acids is 1. The molecule has 1 N–H and O–H groups in total. The van der Waals surface area contributed by atoms with Gasteiger partial charge in [-0.25, -0.2) is 4.98 Å². The molecule has 0 aliphatic carbocycles. The predicted octanol–water partition coefficient (Wildman–Crippen LogP) is 2.54. The van der Waals surface area contributed by atoms with Crippen LogP contribution in [0.25, 0.3) is 11.3 Å². The number of hydrogen-bond donors (Lipinski definition) is 1. The smallest absolute Gasteiger partial charge is 0.254 e. The molecule has 0 saturated carbocycles. The van der Waals surface area contributed by atoms with Gasteiger partial charge in [0.1, 0.15) is 6.54 Å². The summed E-state index contributed by atoms with van der Waals surface area (Å²) in [4.78, 5) is 28.5. The molecule has 0 atom stereocenters. The van der Waals surface area contributed by atoms with E-state index in [1.165, 1.54) is 22.5 Å². The molecular formula is C20H19N3O2. The van der Waals surface area contributed by atoms with E-state index in [1.807, 2.05) is 61.5 Å². The summed E-state index contributed by atoms with van der Waals surface area (Å²) >= 11 is 0. The van der Waals surface area contributed by atoms with Crippen LogP contribution in [0, 0.1) is 6.92 Å². The van der Waals surface area contributed by atoms with Crippen LogP contribution in [0.5, 0.6) is 0 Å². The average molecular weight is 333 g/mol. The maximum Gasteiger partial charge on any atom is 0.254 e. The number of aryl methyl sites for hydroxylation is 1. The van der Waals surface area contributed by atoms with Crippen molar-refractivity contribution in [1.29, 1.82) is 0 Å². The first-order valence-corrected chi connectivity index (χ1v) is 8.06. The summed E-state index contributed by atoms with van der Waals surface area (Å²) in [6, 6.07) is 18.8. The fraction of sp³-hybridized carbons (Fsp3) is 0.150. The normalized spacial score (nSPS) is 10.4. The summed E-state index contributed by atoms with van der Waals surface area (Å²) in [6.45, 7) is 2.40. The Morgan fingerprint density at radius 1 is 1.08 bits per heavy atom. The third kappa shape index (κ3) is 4.41. The van der Waals surface area contributed by atoms with Crippen molar-refractivity contribution < 1.29 is 4.79 Å². The van der Waals surface area contributed by atoms with Crippen molar-refractivity contribution in [3.63, 3.8) is 0 Å². The average Bonchev–Trinajstić information content (AvgIpc) is 2.64. The van der Waals surface area contributed by atoms with E-state index in [0.29, 0.717) is 12.2 Å². The number of rotatable bonds is 5. The fourth-order valence-electron chi connectivity index (χ4n) is 2.43. The molecule has 0 aliphatic heterocycles. The van der Waals surface area contributed by atoms with Crippen LogP contribution in [-0.2, 0) is 17.9 Å². The first-order valence-electron chi connectivity index (χ1n) is 8.06. The topological polar surface area (TPSA) is 64.0 Å². The van der Waals surface area contributed by atoms with Crippen LogP contribution in [-0.4, -0.2) is 15.5 Å². The zero-order valence-corrected chi connectivity index (χ0v) is 14.0. The van der Waals surface area contributed by atoms with Crippen molar-refractivity contribution >= 4 is 5.91 Å². The van der Waals surface area contributed by atoms with Crippen molar-refractivity contribution in [1.82, 2.24) is 14.9 Å². The molecule has 0 aliphatic rings. The Kier molecular flexibility index (Phi) is 5.04. The SMILES string of the molecule is Cc1ccc(CNC(=O)Cn2cnc(-c3ccccc3)cc2=O)cc1. The minimum absolute atomic E-state index is 0.0488. The zero-order chi connectivity index (χ0) is 17.6. The van der Waals surface area contributed by atoms with Gasteiger partial charge in [-0.15, -0.1) is 0 Å². The van der Waals surface area contributed by atoms with Crippen LogP contribution in [0.3, 0.4) is 0 Å². The van der Waals surface area contributed by atoms with Crippen LogP contribution >= 0.6 is 0 Å². The van der Waals surface area contributed by atoms with Gasteiger partial charge in [0, 0.05) is 18.2 Å². The molecule has 0 radical (unpaired) electrons. The summed E-state index contributed by atoms with van der Waals surface area (Å²) in [7, 11) is 0. The Morgan fingerprint density at radius 3 is 2.48 bits per heavy atom. The maximum absolute atomic E-state index is 12.2. The van der Waals surface area contributed by atoms with Crippen LogP contribution in [0.2, 0.25) is 0 Å². The number of nitrogens with zero attached hydrogens (tertiary/aromatic N) is 2. The molecule has 1 aromatic heterocycles. The van der Waals surface area contributed by atoms with Gasteiger partial charge in [0.05, 0.1) is 12.0 Å². The standard InChI is InChI=1S/C20H19N3O2/c1-15-7-9-16(10-8-15)12-21-19(24)13-23-14-22-18(11-20(23)25)17-5-3-2-4-6-17/h2-11,14H,12-13H2,1H3,(H,21,24). The van der Waals surface area contributed by atoms with Gasteiger partial charge in [-0.2, -0.15) is 0 Å². The summed E-state index contributed by atoms with van der Waals surface area (Å²) in [5.41, 5.74) is 3.41. The first-order chi connectivity index (χ1) is 12.1. The largest absolute Gasteiger partial charge is 0.350 e. The second-order valence-corrected chi connectivity index (χ2v) is 5.87. The third-order valence-corrected chi connectivity index (χ3v) is 3.87. The van der Waals surface area contributed by atoms with Gasteiger partial charge in [-0.3, -0.25) is 14.2 Å². The highest BCUT2D eigenvalue weighted by atomic mass is 16.2. The van der Waals surface area contributed by atoms with E-state index in [2.05, 4.69) is 10.3 Å². The Morgan fingerprint density at radius 2 is 1.80 bits per heavy atom. The Balaban J connectivity index is 1.63. The highest BCUT2D eigenvalue weighted by Crippen LogP contribution is 2.13. The number of nitrogens with one attached hydrogen (secondary N) is 1. The monoisotopic (exact) mass is 333 g/mol. The Labute approximate surface area is 146 Å². The van der Waals surface area contributed by atoms with E-state index in [-0.39, 0.29) is 18.0 Å². The van der Waals surface area contributed by atoms with Gasteiger partial charge >= 0.3 is 0 Å². The fourth-order valence-corrected chi connectivity index (χ4v) is 2.43. The molecule has 0 unspecified atom stereocenters. The molecule has 3 aromatic rings. The molecule has 2 aromatic carbocycles. The first kappa shape index (κ1) is 16.6. The quantitative estimate of drug-likeness (QED) is 0.780. The summed E-state index contributed by atoms with van der Waals surface area (Å²) in [5, 5.41) is 2.81. The van der Waals surface area contributed by atoms with Crippen molar-refractivity contribution in [2.75, 3.05) is 0 Å². The van der Waals surface area contributed by atoms with Crippen LogP contribution in [0.15, 0.2) is 71.8 Å². The molecule has 0 bridgehead atoms. The zero-order valence-electron chi connectivity index (χ0n) is 14.0. The van der Waals surface area contributed by atoms with Crippen molar-refractivity contribution in [2.45, 2.75) is 20.0 Å². The lowest BCUT2D eigenvalue weighted by Gasteiger charge is -2.08. The highest BCUT2D eigenvalue weighted by molar-refractivity contribution is 5.75. The van der Waals surface area contributed by atoms with Crippen LogP contribution in [0.1, 0.15) is 11.1 Å². The molecule has 0 saturated heterocycles. The predicted molar refractivity (Wildman–Crippen MR) is 97.0 cm³/mol. The third-order valence-electron chi connectivity index (χ3n) is 3.87. The highest BCUT2D eigenvalue weighted by Gasteiger charge is 2.07. The van der Waals surface area contributed by atoms with Crippen molar-refractivity contribution in [3.05, 3.63) is 88.5 Å². The minimum atomic E-state index is -0.251. The number of benzene rings is 2. The maximum atomic E-state index is 12.2. The summed E-state index contributed by atoms with van der Waals surface area (Å²) in [5.74, 6) is -0.225. The molecular weight excluding hydrogens is 314 g/mol. The number of hydrogen-bond acceptors (Lipinski definition) is 3. The molecule has 25 heavy (non-hydrogen) atoms. The summed E-state index contributed by atoms with van der Waals surface area (Å²) in [6.07, 6.45) is 1.41. The van der Waals surface area contributed by atoms with Gasteiger partial charge in [0.25, 0.3) is 5.56 Å². The molecule has 0 fully saturated rings. The summed E-state index contributed by atoms with van der Waals surface area (Å²) < 4.78 is 1.30. The van der Waals surface area contributed by atoms with E-state index in [0.717, 1.165) is 11.1 Å². The van der Waals surface area contributed by atoms with E-state index >= 15 is 0 Å². The van der Waals surface area contributed by atoms with Crippen molar-refractivity contribution in [2.24, 2.45) is 0 Å². The van der Waals surface area contributed by atoms with Crippen LogP contribution < -0.4 is 10.9 Å². The van der Waals surface area contributed by atoms with E-state index < -0.39 is 0 Å². The Hall–Kier alpha value is -3.21. The van der Waals surface area contributed by atoms with Crippen LogP contribution in [0.4, 0.5) is 0 Å². The minimum Gasteiger partial charge on any atom is -0.350 e. The van der Waals surface area contributed by atoms with Crippen molar-refractivity contribution in [3.8, 4) is 11.3 Å². The molecule has 1 amide bonds. The van der Waals surface area contributed by atoms with Gasteiger partial charge in [0.15, 0.2) is 0 Å². The number of carbonyl (C=O) groups is 1. The number of amides is 1. The molecule has 5 nitrogen and oxygen atoms in total. The van der Waals surface area contributed by atoms with Gasteiger partial charge in [0.2, 0.25) is 5.91 Å². The van der Waals surface area contributed by atoms with Gasteiger partial charge in [-0.1, -0.05) is 60.2 Å². The van der Waals surface area contributed by atoms with E-state index in [4.69, 9.17) is 0 Å². The number of aromatic nitrogens is 2. The lowest BCUT2D eigenvalue weighted by atomic mass is 10.1. The second-order valence-electron chi connectivity index (χ2n) is 5.87. The Bertz CT molecular complexity index is 916.